The molecule has 74 valence electrons. The van der Waals surface area contributed by atoms with Crippen molar-refractivity contribution in [1.29, 1.82) is 0 Å². The van der Waals surface area contributed by atoms with Crippen molar-refractivity contribution < 1.29 is 14.3 Å². The average Bonchev–Trinajstić information content (AvgIpc) is 2.00. The zero-order valence-corrected chi connectivity index (χ0v) is 8.42. The maximum absolute atomic E-state index is 11.4. The number of rotatable bonds is 2. The van der Waals surface area contributed by atoms with Gasteiger partial charge in [0.25, 0.3) is 0 Å². The highest BCUT2D eigenvalue weighted by Crippen LogP contribution is 2.33. The van der Waals surface area contributed by atoms with E-state index in [0.29, 0.717) is 13.0 Å². The van der Waals surface area contributed by atoms with Crippen LogP contribution in [0.1, 0.15) is 26.7 Å². The van der Waals surface area contributed by atoms with Gasteiger partial charge in [-0.25, -0.2) is 0 Å². The van der Waals surface area contributed by atoms with Gasteiger partial charge in [0.2, 0.25) is 0 Å². The van der Waals surface area contributed by atoms with Gasteiger partial charge in [0.1, 0.15) is 11.6 Å². The Morgan fingerprint density at radius 3 is 2.62 bits per heavy atom. The molecule has 0 amide bonds. The lowest BCUT2D eigenvalue weighted by atomic mass is 9.71. The molecule has 1 aliphatic carbocycles. The largest absolute Gasteiger partial charge is 0.384 e. The molecule has 1 aliphatic rings. The minimum Gasteiger partial charge on any atom is -0.384 e. The second-order valence-electron chi connectivity index (χ2n) is 4.31. The van der Waals surface area contributed by atoms with Crippen LogP contribution in [0.25, 0.3) is 0 Å². The third kappa shape index (κ3) is 2.15. The van der Waals surface area contributed by atoms with Crippen molar-refractivity contribution in [3.63, 3.8) is 0 Å². The summed E-state index contributed by atoms with van der Waals surface area (Å²) < 4.78 is 4.95. The normalized spacial score (nSPS) is 27.8. The molecule has 0 aromatic heterocycles. The van der Waals surface area contributed by atoms with Crippen LogP contribution in [-0.2, 0) is 14.3 Å². The second-order valence-corrected chi connectivity index (χ2v) is 4.31. The molecule has 0 radical (unpaired) electrons. The topological polar surface area (TPSA) is 43.4 Å². The predicted octanol–water partition coefficient (Wildman–Crippen LogP) is 1.21. The van der Waals surface area contributed by atoms with Crippen LogP contribution in [0.2, 0.25) is 0 Å². The number of ketones is 2. The fourth-order valence-corrected chi connectivity index (χ4v) is 1.74. The van der Waals surface area contributed by atoms with E-state index >= 15 is 0 Å². The van der Waals surface area contributed by atoms with Gasteiger partial charge in [0.05, 0.1) is 13.0 Å². The van der Waals surface area contributed by atoms with Gasteiger partial charge in [0, 0.05) is 18.4 Å². The highest BCUT2D eigenvalue weighted by molar-refractivity contribution is 6.04. The summed E-state index contributed by atoms with van der Waals surface area (Å²) in [6.07, 6.45) is 0.708. The molecular formula is C10H16O3. The van der Waals surface area contributed by atoms with Crippen molar-refractivity contribution in [2.75, 3.05) is 13.7 Å². The number of hydrogen-bond donors (Lipinski definition) is 0. The van der Waals surface area contributed by atoms with E-state index < -0.39 is 0 Å². The summed E-state index contributed by atoms with van der Waals surface area (Å²) in [5.74, 6) is 0.00808. The van der Waals surface area contributed by atoms with Crippen molar-refractivity contribution in [1.82, 2.24) is 0 Å². The Kier molecular flexibility index (Phi) is 2.86. The molecule has 0 aliphatic heterocycles. The quantitative estimate of drug-likeness (QED) is 0.606. The molecule has 0 aromatic carbocycles. The summed E-state index contributed by atoms with van der Waals surface area (Å²) in [5, 5.41) is 0. The standard InChI is InChI=1S/C10H16O3/c1-10(2)5-7(6-13-3)8(11)4-9(10)12/h7H,4-6H2,1-3H3. The molecular weight excluding hydrogens is 168 g/mol. The Morgan fingerprint density at radius 2 is 2.08 bits per heavy atom. The summed E-state index contributed by atoms with van der Waals surface area (Å²) in [4.78, 5) is 22.8. The van der Waals surface area contributed by atoms with Gasteiger partial charge < -0.3 is 4.74 Å². The Bertz CT molecular complexity index is 230. The average molecular weight is 184 g/mol. The highest BCUT2D eigenvalue weighted by Gasteiger charge is 2.39. The summed E-state index contributed by atoms with van der Waals surface area (Å²) in [5.41, 5.74) is -0.350. The summed E-state index contributed by atoms with van der Waals surface area (Å²) in [7, 11) is 1.58. The molecule has 0 spiro atoms. The van der Waals surface area contributed by atoms with Gasteiger partial charge in [-0.2, -0.15) is 0 Å². The maximum Gasteiger partial charge on any atom is 0.145 e. The molecule has 1 fully saturated rings. The van der Waals surface area contributed by atoms with Crippen molar-refractivity contribution >= 4 is 11.6 Å². The fraction of sp³-hybridized carbons (Fsp3) is 0.800. The molecule has 1 unspecified atom stereocenters. The van der Waals surface area contributed by atoms with E-state index in [1.807, 2.05) is 13.8 Å². The molecule has 3 nitrogen and oxygen atoms in total. The van der Waals surface area contributed by atoms with E-state index in [2.05, 4.69) is 0 Å². The molecule has 3 heteroatoms. The van der Waals surface area contributed by atoms with E-state index in [1.165, 1.54) is 0 Å². The maximum atomic E-state index is 11.4. The Labute approximate surface area is 78.5 Å². The second kappa shape index (κ2) is 3.58. The van der Waals surface area contributed by atoms with Crippen LogP contribution in [0.5, 0.6) is 0 Å². The molecule has 0 saturated heterocycles. The molecule has 1 atom stereocenters. The first-order valence-electron chi connectivity index (χ1n) is 4.52. The number of hydrogen-bond acceptors (Lipinski definition) is 3. The number of Topliss-reactive ketones (excluding diaryl/α,β-unsaturated/α-hetero) is 2. The van der Waals surface area contributed by atoms with Crippen LogP contribution in [0.15, 0.2) is 0 Å². The van der Waals surface area contributed by atoms with Crippen molar-refractivity contribution in [3.8, 4) is 0 Å². The van der Waals surface area contributed by atoms with Crippen LogP contribution in [0.4, 0.5) is 0 Å². The molecule has 0 bridgehead atoms. The first-order chi connectivity index (χ1) is 5.97. The summed E-state index contributed by atoms with van der Waals surface area (Å²) >= 11 is 0. The summed E-state index contributed by atoms with van der Waals surface area (Å²) in [6.45, 7) is 4.23. The number of ether oxygens (including phenoxy) is 1. The smallest absolute Gasteiger partial charge is 0.145 e. The van der Waals surface area contributed by atoms with E-state index in [1.54, 1.807) is 7.11 Å². The van der Waals surface area contributed by atoms with Crippen LogP contribution < -0.4 is 0 Å². The van der Waals surface area contributed by atoms with Gasteiger partial charge >= 0.3 is 0 Å². The number of carbonyl (C=O) groups is 2. The lowest BCUT2D eigenvalue weighted by Crippen LogP contribution is -2.39. The van der Waals surface area contributed by atoms with Gasteiger partial charge in [-0.3, -0.25) is 9.59 Å². The molecule has 1 rings (SSSR count). The van der Waals surface area contributed by atoms with Crippen LogP contribution >= 0.6 is 0 Å². The summed E-state index contributed by atoms with van der Waals surface area (Å²) in [6, 6.07) is 0. The van der Waals surface area contributed by atoms with Crippen molar-refractivity contribution in [3.05, 3.63) is 0 Å². The van der Waals surface area contributed by atoms with Crippen LogP contribution in [0.3, 0.4) is 0 Å². The molecule has 0 heterocycles. The molecule has 13 heavy (non-hydrogen) atoms. The van der Waals surface area contributed by atoms with E-state index in [9.17, 15) is 9.59 Å². The zero-order chi connectivity index (χ0) is 10.1. The van der Waals surface area contributed by atoms with E-state index in [-0.39, 0.29) is 29.3 Å². The Balaban J connectivity index is 2.70. The number of methoxy groups -OCH3 is 1. The van der Waals surface area contributed by atoms with Gasteiger partial charge in [-0.05, 0) is 6.42 Å². The predicted molar refractivity (Wildman–Crippen MR) is 48.4 cm³/mol. The third-order valence-electron chi connectivity index (χ3n) is 2.67. The monoisotopic (exact) mass is 184 g/mol. The first kappa shape index (κ1) is 10.4. The van der Waals surface area contributed by atoms with Crippen molar-refractivity contribution in [2.45, 2.75) is 26.7 Å². The lowest BCUT2D eigenvalue weighted by Gasteiger charge is -2.32. The van der Waals surface area contributed by atoms with Gasteiger partial charge in [-0.1, -0.05) is 13.8 Å². The molecule has 0 aromatic rings. The minimum atomic E-state index is -0.350. The van der Waals surface area contributed by atoms with Gasteiger partial charge in [-0.15, -0.1) is 0 Å². The van der Waals surface area contributed by atoms with Crippen LogP contribution in [0, 0.1) is 11.3 Å². The van der Waals surface area contributed by atoms with E-state index in [0.717, 1.165) is 0 Å². The number of carbonyl (C=O) groups excluding carboxylic acids is 2. The fourth-order valence-electron chi connectivity index (χ4n) is 1.74. The van der Waals surface area contributed by atoms with E-state index in [4.69, 9.17) is 4.74 Å². The zero-order valence-electron chi connectivity index (χ0n) is 8.42. The SMILES string of the molecule is COCC1CC(C)(C)C(=O)CC1=O. The molecule has 1 saturated carbocycles. The Morgan fingerprint density at radius 1 is 1.46 bits per heavy atom. The minimum absolute atomic E-state index is 0.0335. The lowest BCUT2D eigenvalue weighted by molar-refractivity contribution is -0.141. The van der Waals surface area contributed by atoms with Crippen LogP contribution in [-0.4, -0.2) is 25.3 Å². The molecule has 0 N–H and O–H groups in total. The third-order valence-corrected chi connectivity index (χ3v) is 2.67. The highest BCUT2D eigenvalue weighted by atomic mass is 16.5. The Hall–Kier alpha value is -0.700. The van der Waals surface area contributed by atoms with Gasteiger partial charge in [0.15, 0.2) is 0 Å². The van der Waals surface area contributed by atoms with Crippen molar-refractivity contribution in [2.24, 2.45) is 11.3 Å². The first-order valence-corrected chi connectivity index (χ1v) is 4.52.